The molecule has 0 unspecified atom stereocenters. The summed E-state index contributed by atoms with van der Waals surface area (Å²) < 4.78 is 4.60. The van der Waals surface area contributed by atoms with Gasteiger partial charge in [-0.2, -0.15) is 0 Å². The first-order valence-electron chi connectivity index (χ1n) is 8.09. The number of aliphatic hydroxyl groups is 1. The molecule has 0 aliphatic carbocycles. The zero-order valence-corrected chi connectivity index (χ0v) is 15.8. The Balaban J connectivity index is 0.000000494. The number of methoxy groups -OCH3 is 1. The fraction of sp³-hybridized carbons (Fsp3) is 0.211. The van der Waals surface area contributed by atoms with Gasteiger partial charge in [-0.15, -0.1) is 0 Å². The van der Waals surface area contributed by atoms with E-state index in [-0.39, 0.29) is 50.2 Å². The van der Waals surface area contributed by atoms with E-state index in [1.165, 1.54) is 7.11 Å². The zero-order valence-electron chi connectivity index (χ0n) is 16.8. The number of hydrogen-bond acceptors (Lipinski definition) is 5. The molecule has 28 heavy (non-hydrogen) atoms. The van der Waals surface area contributed by atoms with E-state index in [2.05, 4.69) is 24.7 Å². The Morgan fingerprint density at radius 2 is 1.57 bits per heavy atom. The molecule has 0 saturated carbocycles. The predicted octanol–water partition coefficient (Wildman–Crippen LogP) is -1.05. The van der Waals surface area contributed by atoms with Gasteiger partial charge in [-0.3, -0.25) is 0 Å². The maximum Gasteiger partial charge on any atom is 1.00 e. The summed E-state index contributed by atoms with van der Waals surface area (Å²) in [5, 5.41) is 10.8. The van der Waals surface area contributed by atoms with Crippen molar-refractivity contribution in [2.24, 2.45) is 0 Å². The molecular formula is C19H24AlLiN4O3. The molecule has 4 aromatic rings. The van der Waals surface area contributed by atoms with Crippen molar-refractivity contribution in [1.29, 1.82) is 0 Å². The van der Waals surface area contributed by atoms with Gasteiger partial charge in [-0.25, -0.2) is 14.8 Å². The van der Waals surface area contributed by atoms with Crippen molar-refractivity contribution in [1.82, 2.24) is 19.9 Å². The molecule has 0 fully saturated rings. The second-order valence-corrected chi connectivity index (χ2v) is 6.03. The molecule has 4 aromatic heterocycles. The van der Waals surface area contributed by atoms with Crippen molar-refractivity contribution in [2.75, 3.05) is 7.11 Å². The molecule has 142 valence electrons. The van der Waals surface area contributed by atoms with Crippen LogP contribution in [0.15, 0.2) is 36.7 Å². The van der Waals surface area contributed by atoms with Crippen molar-refractivity contribution in [2.45, 2.75) is 20.5 Å². The maximum absolute atomic E-state index is 11.2. The van der Waals surface area contributed by atoms with Gasteiger partial charge in [0.1, 0.15) is 17.0 Å². The van der Waals surface area contributed by atoms with Crippen molar-refractivity contribution >= 4 is 45.4 Å². The number of fused-ring (bicyclic) bond motifs is 2. The molecule has 0 saturated heterocycles. The summed E-state index contributed by atoms with van der Waals surface area (Å²) in [4.78, 5) is 25.4. The SMILES string of the molecule is COC(=O)c1cc2cc(C)cnc2[nH]1.Cc1cnc2[nH]c(CO)cc2c1.[AlH3].[H-].[Li+]. The van der Waals surface area contributed by atoms with E-state index in [1.807, 2.05) is 32.0 Å². The van der Waals surface area contributed by atoms with Crippen molar-refractivity contribution in [3.8, 4) is 0 Å². The average molecular weight is 390 g/mol. The van der Waals surface area contributed by atoms with E-state index in [1.54, 1.807) is 18.5 Å². The van der Waals surface area contributed by atoms with Crippen LogP contribution in [0.3, 0.4) is 0 Å². The molecular weight excluding hydrogens is 366 g/mol. The second-order valence-electron chi connectivity index (χ2n) is 6.03. The minimum absolute atomic E-state index is 0. The Bertz CT molecular complexity index is 1080. The number of hydrogen-bond donors (Lipinski definition) is 3. The summed E-state index contributed by atoms with van der Waals surface area (Å²) >= 11 is 0. The number of carbonyl (C=O) groups excluding carboxylic acids is 1. The molecule has 9 heteroatoms. The van der Waals surface area contributed by atoms with Crippen LogP contribution >= 0.6 is 0 Å². The largest absolute Gasteiger partial charge is 1.00 e. The number of aliphatic hydroxyl groups excluding tert-OH is 1. The number of H-pyrrole nitrogens is 2. The number of rotatable bonds is 2. The fourth-order valence-corrected chi connectivity index (χ4v) is 2.61. The molecule has 0 aromatic carbocycles. The third-order valence-electron chi connectivity index (χ3n) is 3.85. The first kappa shape index (κ1) is 24.0. The van der Waals surface area contributed by atoms with Crippen LogP contribution < -0.4 is 18.9 Å². The average Bonchev–Trinajstić information content (AvgIpc) is 3.24. The summed E-state index contributed by atoms with van der Waals surface area (Å²) in [5.41, 5.74) is 4.98. The van der Waals surface area contributed by atoms with Crippen molar-refractivity contribution in [3.05, 3.63) is 59.2 Å². The number of aromatic nitrogens is 4. The number of aryl methyl sites for hydroxylation is 2. The molecule has 3 N–H and O–H groups in total. The van der Waals surface area contributed by atoms with Gasteiger partial charge in [0.15, 0.2) is 17.4 Å². The number of ether oxygens (including phenoxy) is 1. The normalized spacial score (nSPS) is 9.86. The van der Waals surface area contributed by atoms with Crippen LogP contribution in [0.1, 0.15) is 28.7 Å². The van der Waals surface area contributed by atoms with Crippen LogP contribution in [0.2, 0.25) is 0 Å². The van der Waals surface area contributed by atoms with E-state index in [9.17, 15) is 4.79 Å². The Hall–Kier alpha value is -2.06. The van der Waals surface area contributed by atoms with E-state index < -0.39 is 0 Å². The summed E-state index contributed by atoms with van der Waals surface area (Å²) in [6, 6.07) is 7.65. The molecule has 0 atom stereocenters. The minimum Gasteiger partial charge on any atom is -1.00 e. The monoisotopic (exact) mass is 390 g/mol. The molecule has 4 heterocycles. The zero-order chi connectivity index (χ0) is 18.7. The minimum atomic E-state index is -0.374. The third kappa shape index (κ3) is 5.48. The number of esters is 1. The van der Waals surface area contributed by atoms with Gasteiger partial charge >= 0.3 is 24.8 Å². The number of carbonyl (C=O) groups is 1. The Labute approximate surface area is 186 Å². The van der Waals surface area contributed by atoms with Crippen LogP contribution in [0.5, 0.6) is 0 Å². The summed E-state index contributed by atoms with van der Waals surface area (Å²) in [6.07, 6.45) is 3.56. The summed E-state index contributed by atoms with van der Waals surface area (Å²) in [6.45, 7) is 3.99. The van der Waals surface area contributed by atoms with Gasteiger partial charge < -0.3 is 21.2 Å². The van der Waals surface area contributed by atoms with E-state index >= 15 is 0 Å². The first-order valence-corrected chi connectivity index (χ1v) is 8.09. The molecule has 0 aliphatic rings. The van der Waals surface area contributed by atoms with E-state index in [0.29, 0.717) is 11.3 Å². The Kier molecular flexibility index (Phi) is 8.97. The molecule has 0 bridgehead atoms. The van der Waals surface area contributed by atoms with Crippen LogP contribution in [0.4, 0.5) is 0 Å². The van der Waals surface area contributed by atoms with Gasteiger partial charge in [-0.1, -0.05) is 0 Å². The smallest absolute Gasteiger partial charge is 1.00 e. The molecule has 0 spiro atoms. The van der Waals surface area contributed by atoms with Crippen LogP contribution in [-0.4, -0.2) is 55.5 Å². The molecule has 0 aliphatic heterocycles. The van der Waals surface area contributed by atoms with Gasteiger partial charge in [-0.05, 0) is 49.2 Å². The number of aromatic amines is 2. The third-order valence-corrected chi connectivity index (χ3v) is 3.85. The predicted molar refractivity (Wildman–Crippen MR) is 110 cm³/mol. The van der Waals surface area contributed by atoms with Gasteiger partial charge in [0.2, 0.25) is 0 Å². The van der Waals surface area contributed by atoms with E-state index in [4.69, 9.17) is 5.11 Å². The first-order chi connectivity index (χ1) is 12.5. The van der Waals surface area contributed by atoms with Crippen molar-refractivity contribution in [3.63, 3.8) is 0 Å². The number of pyridine rings is 2. The van der Waals surface area contributed by atoms with Crippen molar-refractivity contribution < 1.29 is 34.9 Å². The molecule has 0 amide bonds. The maximum atomic E-state index is 11.2. The molecule has 4 rings (SSSR count). The van der Waals surface area contributed by atoms with Gasteiger partial charge in [0, 0.05) is 28.9 Å². The standard InChI is InChI=1S/C10H10N2O2.C9H10N2O.Al.Li.4H/c1-6-3-7-4-8(10(13)14-2)12-9(7)11-5-6;1-6-2-7-3-8(5-12)11-9(7)10-4-6;;;;;;/h3-5H,1-2H3,(H,11,12);2-4,12H,5H2,1H3,(H,10,11);;;;;;/q;;;+1;;;;-1. The van der Waals surface area contributed by atoms with Crippen LogP contribution in [0.25, 0.3) is 22.1 Å². The number of nitrogens with zero attached hydrogens (tertiary/aromatic N) is 2. The fourth-order valence-electron chi connectivity index (χ4n) is 2.61. The molecule has 7 nitrogen and oxygen atoms in total. The Morgan fingerprint density at radius 1 is 1.04 bits per heavy atom. The summed E-state index contributed by atoms with van der Waals surface area (Å²) in [7, 11) is 1.35. The van der Waals surface area contributed by atoms with Gasteiger partial charge in [0.25, 0.3) is 0 Å². The number of nitrogens with one attached hydrogen (secondary N) is 2. The summed E-state index contributed by atoms with van der Waals surface area (Å²) in [5.74, 6) is -0.374. The molecule has 0 radical (unpaired) electrons. The Morgan fingerprint density at radius 3 is 2.11 bits per heavy atom. The second kappa shape index (κ2) is 10.5. The van der Waals surface area contributed by atoms with Gasteiger partial charge in [0.05, 0.1) is 13.7 Å². The quantitative estimate of drug-likeness (QED) is 0.300. The topological polar surface area (TPSA) is 104 Å². The van der Waals surface area contributed by atoms with E-state index in [0.717, 1.165) is 33.2 Å². The van der Waals surface area contributed by atoms with Crippen LogP contribution in [0, 0.1) is 13.8 Å². The van der Waals surface area contributed by atoms with Crippen LogP contribution in [-0.2, 0) is 11.3 Å².